The topological polar surface area (TPSA) is 27.1 Å². The van der Waals surface area contributed by atoms with Gasteiger partial charge in [0.1, 0.15) is 11.6 Å². The molecule has 3 nitrogen and oxygen atoms in total. The molecule has 3 aromatic carbocycles. The SMILES string of the molecule is COc1ccc(Cn2c(-c3ccccc3C)nc3ccccc32)cc1. The van der Waals surface area contributed by atoms with E-state index in [0.717, 1.165) is 29.2 Å². The number of para-hydroxylation sites is 2. The Balaban J connectivity index is 1.86. The quantitative estimate of drug-likeness (QED) is 0.523. The van der Waals surface area contributed by atoms with Crippen molar-refractivity contribution < 1.29 is 4.74 Å². The minimum absolute atomic E-state index is 0.772. The summed E-state index contributed by atoms with van der Waals surface area (Å²) in [6.45, 7) is 2.90. The van der Waals surface area contributed by atoms with Crippen LogP contribution in [-0.2, 0) is 6.54 Å². The van der Waals surface area contributed by atoms with Crippen molar-refractivity contribution in [1.29, 1.82) is 0 Å². The second-order valence-corrected chi connectivity index (χ2v) is 6.17. The van der Waals surface area contributed by atoms with E-state index in [1.807, 2.05) is 18.2 Å². The Bertz CT molecular complexity index is 1020. The third-order valence-corrected chi connectivity index (χ3v) is 4.54. The van der Waals surface area contributed by atoms with Gasteiger partial charge < -0.3 is 9.30 Å². The summed E-state index contributed by atoms with van der Waals surface area (Å²) in [5, 5.41) is 0. The van der Waals surface area contributed by atoms with Crippen LogP contribution in [0.5, 0.6) is 5.75 Å². The van der Waals surface area contributed by atoms with Crippen LogP contribution >= 0.6 is 0 Å². The van der Waals surface area contributed by atoms with Gasteiger partial charge in [-0.25, -0.2) is 4.98 Å². The highest BCUT2D eigenvalue weighted by molar-refractivity contribution is 5.81. The number of imidazole rings is 1. The molecule has 25 heavy (non-hydrogen) atoms. The molecule has 0 unspecified atom stereocenters. The second-order valence-electron chi connectivity index (χ2n) is 6.17. The highest BCUT2D eigenvalue weighted by Gasteiger charge is 2.14. The highest BCUT2D eigenvalue weighted by Crippen LogP contribution is 2.28. The summed E-state index contributed by atoms with van der Waals surface area (Å²) >= 11 is 0. The molecule has 0 saturated heterocycles. The van der Waals surface area contributed by atoms with Crippen LogP contribution in [0.25, 0.3) is 22.4 Å². The summed E-state index contributed by atoms with van der Waals surface area (Å²) in [5.74, 6) is 1.88. The molecular formula is C22H20N2O. The minimum Gasteiger partial charge on any atom is -0.497 e. The van der Waals surface area contributed by atoms with Gasteiger partial charge in [-0.15, -0.1) is 0 Å². The van der Waals surface area contributed by atoms with Gasteiger partial charge in [0.05, 0.1) is 18.1 Å². The van der Waals surface area contributed by atoms with Crippen molar-refractivity contribution in [2.45, 2.75) is 13.5 Å². The zero-order chi connectivity index (χ0) is 17.2. The van der Waals surface area contributed by atoms with Crippen LogP contribution in [0.4, 0.5) is 0 Å². The molecule has 124 valence electrons. The van der Waals surface area contributed by atoms with E-state index in [1.165, 1.54) is 16.7 Å². The first-order chi connectivity index (χ1) is 12.3. The summed E-state index contributed by atoms with van der Waals surface area (Å²) in [7, 11) is 1.69. The van der Waals surface area contributed by atoms with Crippen molar-refractivity contribution in [3.8, 4) is 17.1 Å². The van der Waals surface area contributed by atoms with E-state index in [0.29, 0.717) is 0 Å². The summed E-state index contributed by atoms with van der Waals surface area (Å²) < 4.78 is 7.56. The maximum atomic E-state index is 5.26. The summed E-state index contributed by atoms with van der Waals surface area (Å²) in [6.07, 6.45) is 0. The van der Waals surface area contributed by atoms with Gasteiger partial charge in [0.25, 0.3) is 0 Å². The number of hydrogen-bond acceptors (Lipinski definition) is 2. The monoisotopic (exact) mass is 328 g/mol. The number of methoxy groups -OCH3 is 1. The van der Waals surface area contributed by atoms with Crippen molar-refractivity contribution in [2.24, 2.45) is 0 Å². The number of aryl methyl sites for hydroxylation is 1. The first kappa shape index (κ1) is 15.5. The molecule has 3 heteroatoms. The van der Waals surface area contributed by atoms with Crippen LogP contribution in [0.2, 0.25) is 0 Å². The molecule has 0 saturated carbocycles. The van der Waals surface area contributed by atoms with E-state index in [-0.39, 0.29) is 0 Å². The number of ether oxygens (including phenoxy) is 1. The Morgan fingerprint density at radius 1 is 0.880 bits per heavy atom. The summed E-state index contributed by atoms with van der Waals surface area (Å²) in [5.41, 5.74) is 5.80. The lowest BCUT2D eigenvalue weighted by atomic mass is 10.1. The Kier molecular flexibility index (Phi) is 3.98. The first-order valence-corrected chi connectivity index (χ1v) is 8.40. The smallest absolute Gasteiger partial charge is 0.141 e. The molecule has 0 N–H and O–H groups in total. The van der Waals surface area contributed by atoms with E-state index >= 15 is 0 Å². The maximum Gasteiger partial charge on any atom is 0.141 e. The van der Waals surface area contributed by atoms with Crippen molar-refractivity contribution in [1.82, 2.24) is 9.55 Å². The van der Waals surface area contributed by atoms with Gasteiger partial charge in [-0.3, -0.25) is 0 Å². The molecule has 0 aliphatic rings. The Hall–Kier alpha value is -3.07. The number of aromatic nitrogens is 2. The second kappa shape index (κ2) is 6.44. The van der Waals surface area contributed by atoms with Crippen LogP contribution in [0.15, 0.2) is 72.8 Å². The standard InChI is InChI=1S/C22H20N2O/c1-16-7-3-4-8-19(16)22-23-20-9-5-6-10-21(20)24(22)15-17-11-13-18(25-2)14-12-17/h3-14H,15H2,1-2H3. The number of benzene rings is 3. The largest absolute Gasteiger partial charge is 0.497 e. The van der Waals surface area contributed by atoms with Gasteiger partial charge in [-0.05, 0) is 42.3 Å². The molecule has 0 radical (unpaired) electrons. The molecule has 0 fully saturated rings. The van der Waals surface area contributed by atoms with E-state index in [1.54, 1.807) is 7.11 Å². The Morgan fingerprint density at radius 3 is 2.36 bits per heavy atom. The molecule has 0 aliphatic heterocycles. The normalized spacial score (nSPS) is 11.0. The fourth-order valence-corrected chi connectivity index (χ4v) is 3.18. The van der Waals surface area contributed by atoms with Crippen molar-refractivity contribution in [3.63, 3.8) is 0 Å². The molecule has 0 atom stereocenters. The van der Waals surface area contributed by atoms with E-state index in [9.17, 15) is 0 Å². The zero-order valence-corrected chi connectivity index (χ0v) is 14.4. The fourth-order valence-electron chi connectivity index (χ4n) is 3.18. The summed E-state index contributed by atoms with van der Waals surface area (Å²) in [4.78, 5) is 4.91. The molecule has 4 rings (SSSR count). The molecule has 0 amide bonds. The number of nitrogens with zero attached hydrogens (tertiary/aromatic N) is 2. The Labute approximate surface area is 147 Å². The number of hydrogen-bond donors (Lipinski definition) is 0. The maximum absolute atomic E-state index is 5.26. The van der Waals surface area contributed by atoms with Crippen LogP contribution in [0, 0.1) is 6.92 Å². The van der Waals surface area contributed by atoms with Gasteiger partial charge in [-0.1, -0.05) is 48.5 Å². The van der Waals surface area contributed by atoms with Gasteiger partial charge in [-0.2, -0.15) is 0 Å². The van der Waals surface area contributed by atoms with Gasteiger partial charge >= 0.3 is 0 Å². The fraction of sp³-hybridized carbons (Fsp3) is 0.136. The van der Waals surface area contributed by atoms with Gasteiger partial charge in [0, 0.05) is 12.1 Å². The zero-order valence-electron chi connectivity index (χ0n) is 14.4. The predicted molar refractivity (Wildman–Crippen MR) is 102 cm³/mol. The van der Waals surface area contributed by atoms with Gasteiger partial charge in [0.2, 0.25) is 0 Å². The molecule has 1 heterocycles. The van der Waals surface area contributed by atoms with Crippen molar-refractivity contribution >= 4 is 11.0 Å². The first-order valence-electron chi connectivity index (χ1n) is 8.40. The van der Waals surface area contributed by atoms with Crippen LogP contribution in [-0.4, -0.2) is 16.7 Å². The molecular weight excluding hydrogens is 308 g/mol. The van der Waals surface area contributed by atoms with Crippen LogP contribution in [0.3, 0.4) is 0 Å². The van der Waals surface area contributed by atoms with E-state index in [4.69, 9.17) is 9.72 Å². The predicted octanol–water partition coefficient (Wildman–Crippen LogP) is 5.07. The van der Waals surface area contributed by atoms with Crippen molar-refractivity contribution in [3.05, 3.63) is 83.9 Å². The lowest BCUT2D eigenvalue weighted by Crippen LogP contribution is -2.03. The number of rotatable bonds is 4. The Morgan fingerprint density at radius 2 is 1.60 bits per heavy atom. The summed E-state index contributed by atoms with van der Waals surface area (Å²) in [6, 6.07) is 24.9. The molecule has 0 aliphatic carbocycles. The van der Waals surface area contributed by atoms with E-state index < -0.39 is 0 Å². The van der Waals surface area contributed by atoms with E-state index in [2.05, 4.69) is 66.1 Å². The van der Waals surface area contributed by atoms with Crippen LogP contribution < -0.4 is 4.74 Å². The lowest BCUT2D eigenvalue weighted by molar-refractivity contribution is 0.414. The van der Waals surface area contributed by atoms with Crippen molar-refractivity contribution in [2.75, 3.05) is 7.11 Å². The minimum atomic E-state index is 0.772. The average Bonchev–Trinajstić information content (AvgIpc) is 3.01. The lowest BCUT2D eigenvalue weighted by Gasteiger charge is -2.12. The molecule has 4 aromatic rings. The third kappa shape index (κ3) is 2.89. The molecule has 1 aromatic heterocycles. The van der Waals surface area contributed by atoms with Crippen LogP contribution in [0.1, 0.15) is 11.1 Å². The molecule has 0 bridgehead atoms. The highest BCUT2D eigenvalue weighted by atomic mass is 16.5. The third-order valence-electron chi connectivity index (χ3n) is 4.54. The number of fused-ring (bicyclic) bond motifs is 1. The van der Waals surface area contributed by atoms with Gasteiger partial charge in [0.15, 0.2) is 0 Å². The molecule has 0 spiro atoms. The average molecular weight is 328 g/mol.